The molecule has 0 amide bonds. The van der Waals surface area contributed by atoms with Gasteiger partial charge in [0.1, 0.15) is 6.07 Å². The molecule has 9 heteroatoms. The Morgan fingerprint density at radius 1 is 1.27 bits per heavy atom. The molecule has 1 aliphatic rings. The molecule has 1 aliphatic heterocycles. The Bertz CT molecular complexity index is 976. The Morgan fingerprint density at radius 3 is 2.52 bits per heavy atom. The van der Waals surface area contributed by atoms with Crippen molar-refractivity contribution in [3.8, 4) is 6.07 Å². The van der Waals surface area contributed by atoms with Gasteiger partial charge in [-0.3, -0.25) is 9.69 Å². The molecule has 5 nitrogen and oxygen atoms in total. The number of halogens is 4. The number of hydrogen-bond donors (Lipinski definition) is 1. The average Bonchev–Trinajstić information content (AvgIpc) is 3.20. The van der Waals surface area contributed by atoms with E-state index in [4.69, 9.17) is 22.0 Å². The zero-order chi connectivity index (χ0) is 23.9. The minimum absolute atomic E-state index is 0. The molecule has 0 bridgehead atoms. The first-order valence-electron chi connectivity index (χ1n) is 10.2. The van der Waals surface area contributed by atoms with Crippen LogP contribution in [0.25, 0.3) is 0 Å². The first kappa shape index (κ1) is 28.3. The van der Waals surface area contributed by atoms with Gasteiger partial charge in [-0.05, 0) is 36.2 Å². The van der Waals surface area contributed by atoms with E-state index in [1.807, 2.05) is 19.9 Å². The van der Waals surface area contributed by atoms with Crippen molar-refractivity contribution in [1.82, 2.24) is 4.90 Å². The molecular formula is C24H29ClF3N3O2. The second kappa shape index (κ2) is 12.5. The lowest BCUT2D eigenvalue weighted by Gasteiger charge is -2.32. The number of nitrogens with zero attached hydrogens (tertiary/aromatic N) is 3. The normalized spacial score (nSPS) is 15.6. The summed E-state index contributed by atoms with van der Waals surface area (Å²) in [5.74, 6) is -0.953. The maximum absolute atomic E-state index is 13.5. The number of carbonyl (C=O) groups is 1. The van der Waals surface area contributed by atoms with E-state index < -0.39 is 17.7 Å². The van der Waals surface area contributed by atoms with Crippen molar-refractivity contribution in [2.75, 3.05) is 24.5 Å². The van der Waals surface area contributed by atoms with E-state index in [2.05, 4.69) is 0 Å². The Hall–Kier alpha value is -2.76. The van der Waals surface area contributed by atoms with Gasteiger partial charge in [0.25, 0.3) is 0 Å². The van der Waals surface area contributed by atoms with Crippen LogP contribution in [0.1, 0.15) is 44.4 Å². The van der Waals surface area contributed by atoms with Crippen molar-refractivity contribution in [3.63, 3.8) is 0 Å². The van der Waals surface area contributed by atoms with Gasteiger partial charge in [-0.25, -0.2) is 0 Å². The Labute approximate surface area is 198 Å². The molecule has 0 radical (unpaired) electrons. The highest BCUT2D eigenvalue weighted by Gasteiger charge is 2.35. The van der Waals surface area contributed by atoms with Crippen molar-refractivity contribution in [3.05, 3.63) is 64.2 Å². The molecular weight excluding hydrogens is 455 g/mol. The predicted octanol–water partition coefficient (Wildman–Crippen LogP) is 6.06. The average molecular weight is 484 g/mol. The highest BCUT2D eigenvalue weighted by molar-refractivity contribution is 6.32. The van der Waals surface area contributed by atoms with Crippen LogP contribution in [0.15, 0.2) is 42.5 Å². The van der Waals surface area contributed by atoms with Crippen LogP contribution in [0.3, 0.4) is 0 Å². The maximum Gasteiger partial charge on any atom is 0.416 e. The van der Waals surface area contributed by atoms with Crippen LogP contribution < -0.4 is 4.90 Å². The number of nitriles is 1. The van der Waals surface area contributed by atoms with Gasteiger partial charge in [-0.1, -0.05) is 51.1 Å². The molecule has 1 heterocycles. The smallest absolute Gasteiger partial charge is 0.416 e. The van der Waals surface area contributed by atoms with E-state index >= 15 is 0 Å². The molecule has 1 atom stereocenters. The number of alkyl halides is 3. The van der Waals surface area contributed by atoms with Gasteiger partial charge in [0.2, 0.25) is 0 Å². The summed E-state index contributed by atoms with van der Waals surface area (Å²) in [4.78, 5) is 14.6. The van der Waals surface area contributed by atoms with Crippen molar-refractivity contribution in [1.29, 1.82) is 5.26 Å². The van der Waals surface area contributed by atoms with Gasteiger partial charge >= 0.3 is 12.1 Å². The van der Waals surface area contributed by atoms with Crippen LogP contribution in [0.5, 0.6) is 0 Å². The fourth-order valence-electron chi connectivity index (χ4n) is 3.72. The zero-order valence-corrected chi connectivity index (χ0v) is 18.6. The zero-order valence-electron chi connectivity index (χ0n) is 17.9. The summed E-state index contributed by atoms with van der Waals surface area (Å²) in [6.45, 7) is 4.78. The van der Waals surface area contributed by atoms with Crippen LogP contribution >= 0.6 is 11.6 Å². The van der Waals surface area contributed by atoms with Crippen LogP contribution in [-0.2, 0) is 17.5 Å². The van der Waals surface area contributed by atoms with Crippen LogP contribution in [0.2, 0.25) is 5.02 Å². The third-order valence-electron chi connectivity index (χ3n) is 5.12. The summed E-state index contributed by atoms with van der Waals surface area (Å²) in [6.07, 6.45) is -3.89. The second-order valence-corrected chi connectivity index (χ2v) is 7.54. The van der Waals surface area contributed by atoms with E-state index in [1.165, 1.54) is 18.2 Å². The topological polar surface area (TPSA) is 67.6 Å². The second-order valence-electron chi connectivity index (χ2n) is 7.13. The predicted molar refractivity (Wildman–Crippen MR) is 124 cm³/mol. The Morgan fingerprint density at radius 2 is 1.94 bits per heavy atom. The molecule has 1 fully saturated rings. The van der Waals surface area contributed by atoms with E-state index in [1.54, 1.807) is 28.0 Å². The van der Waals surface area contributed by atoms with Crippen LogP contribution in [-0.4, -0.2) is 41.7 Å². The lowest BCUT2D eigenvalue weighted by atomic mass is 10.0. The SMILES string of the molecule is C.CC.N#Cc1ccc(N(Cc2ccccc2C(F)(F)F)C2CCN(CC(=O)O)C2)cc1Cl. The first-order valence-corrected chi connectivity index (χ1v) is 10.6. The molecule has 180 valence electrons. The molecule has 0 saturated carbocycles. The number of rotatable bonds is 6. The van der Waals surface area contributed by atoms with Crippen molar-refractivity contribution in [2.45, 2.75) is 46.5 Å². The van der Waals surface area contributed by atoms with Gasteiger partial charge in [0.15, 0.2) is 0 Å². The molecule has 0 aromatic heterocycles. The summed E-state index contributed by atoms with van der Waals surface area (Å²) < 4.78 is 40.5. The molecule has 2 aromatic carbocycles. The monoisotopic (exact) mass is 483 g/mol. The number of benzene rings is 2. The van der Waals surface area contributed by atoms with E-state index in [0.717, 1.165) is 6.07 Å². The molecule has 2 aromatic rings. The summed E-state index contributed by atoms with van der Waals surface area (Å²) in [5.41, 5.74) is 0.255. The minimum Gasteiger partial charge on any atom is -0.480 e. The van der Waals surface area contributed by atoms with E-state index in [9.17, 15) is 18.0 Å². The van der Waals surface area contributed by atoms with Crippen LogP contribution in [0, 0.1) is 11.3 Å². The summed E-state index contributed by atoms with van der Waals surface area (Å²) in [7, 11) is 0. The minimum atomic E-state index is -4.49. The van der Waals surface area contributed by atoms with Crippen molar-refractivity contribution < 1.29 is 23.1 Å². The number of aliphatic carboxylic acids is 1. The summed E-state index contributed by atoms with van der Waals surface area (Å²) >= 11 is 6.17. The molecule has 0 aliphatic carbocycles. The van der Waals surface area contributed by atoms with Crippen molar-refractivity contribution >= 4 is 23.3 Å². The fourth-order valence-corrected chi connectivity index (χ4v) is 3.94. The number of carboxylic acids is 1. The van der Waals surface area contributed by atoms with Gasteiger partial charge in [0.05, 0.1) is 22.7 Å². The molecule has 0 spiro atoms. The third kappa shape index (κ3) is 7.37. The van der Waals surface area contributed by atoms with Crippen LogP contribution in [0.4, 0.5) is 18.9 Å². The quantitative estimate of drug-likeness (QED) is 0.541. The van der Waals surface area contributed by atoms with Gasteiger partial charge in [0, 0.05) is 31.4 Å². The number of anilines is 1. The lowest BCUT2D eigenvalue weighted by molar-refractivity contribution is -0.139. The highest BCUT2D eigenvalue weighted by Crippen LogP contribution is 2.35. The number of likely N-dealkylation sites (tertiary alicyclic amines) is 1. The first-order chi connectivity index (χ1) is 15.2. The van der Waals surface area contributed by atoms with Gasteiger partial charge in [-0.2, -0.15) is 18.4 Å². The Kier molecular flexibility index (Phi) is 10.7. The molecule has 33 heavy (non-hydrogen) atoms. The van der Waals surface area contributed by atoms with E-state index in [0.29, 0.717) is 25.2 Å². The van der Waals surface area contributed by atoms with Gasteiger partial charge in [-0.15, -0.1) is 0 Å². The largest absolute Gasteiger partial charge is 0.480 e. The molecule has 1 saturated heterocycles. The lowest BCUT2D eigenvalue weighted by Crippen LogP contribution is -2.38. The third-order valence-corrected chi connectivity index (χ3v) is 5.43. The highest BCUT2D eigenvalue weighted by atomic mass is 35.5. The maximum atomic E-state index is 13.5. The number of carboxylic acid groups (broad SMARTS) is 1. The summed E-state index contributed by atoms with van der Waals surface area (Å²) in [6, 6.07) is 11.9. The summed E-state index contributed by atoms with van der Waals surface area (Å²) in [5, 5.41) is 18.4. The molecule has 1 N–H and O–H groups in total. The molecule has 1 unspecified atom stereocenters. The Balaban J connectivity index is 0.00000177. The van der Waals surface area contributed by atoms with Crippen molar-refractivity contribution in [2.24, 2.45) is 0 Å². The standard InChI is InChI=1S/C21H19ClF3N3O2.C2H6.CH4/c22-19-9-16(6-5-14(19)10-26)28(17-7-8-27(12-17)13-20(29)30)11-15-3-1-2-4-18(15)21(23,24)25;1-2;/h1-6,9,17H,7-8,11-13H2,(H,29,30);1-2H3;1H4. The molecule has 3 rings (SSSR count). The fraction of sp³-hybridized carbons (Fsp3) is 0.417. The van der Waals surface area contributed by atoms with E-state index in [-0.39, 0.29) is 42.7 Å². The van der Waals surface area contributed by atoms with Gasteiger partial charge < -0.3 is 10.0 Å². The number of hydrogen-bond acceptors (Lipinski definition) is 4.